The predicted molar refractivity (Wildman–Crippen MR) is 77.0 cm³/mol. The van der Waals surface area contributed by atoms with Gasteiger partial charge in [0.05, 0.1) is 24.2 Å². The molecule has 0 amide bonds. The summed E-state index contributed by atoms with van der Waals surface area (Å²) in [6.07, 6.45) is 3.99. The zero-order valence-electron chi connectivity index (χ0n) is 13.4. The first kappa shape index (κ1) is 16.5. The van der Waals surface area contributed by atoms with Gasteiger partial charge in [-0.2, -0.15) is 0 Å². The second-order valence-electron chi connectivity index (χ2n) is 7.10. The minimum Gasteiger partial charge on any atom is -0.466 e. The normalized spacial score (nSPS) is 25.2. The third-order valence-electron chi connectivity index (χ3n) is 4.56. The van der Waals surface area contributed by atoms with Gasteiger partial charge in [0.25, 0.3) is 0 Å². The Kier molecular flexibility index (Phi) is 5.43. The largest absolute Gasteiger partial charge is 0.466 e. The first-order chi connectivity index (χ1) is 8.67. The molecule has 0 bridgehead atoms. The van der Waals surface area contributed by atoms with Gasteiger partial charge in [-0.05, 0) is 51.9 Å². The Morgan fingerprint density at radius 2 is 1.58 bits per heavy atom. The lowest BCUT2D eigenvalue weighted by atomic mass is 9.78. The molecule has 0 aromatic carbocycles. The standard InChI is InChI=1S/C16H30O3/c1-7-18-14(17)12-8-10-13(11-9-12)19-16(5,6)15(2,3)4/h12-13H,7-11H2,1-6H3. The summed E-state index contributed by atoms with van der Waals surface area (Å²) in [5.41, 5.74) is -0.0284. The zero-order valence-corrected chi connectivity index (χ0v) is 13.4. The van der Waals surface area contributed by atoms with Crippen LogP contribution in [-0.2, 0) is 14.3 Å². The molecule has 0 spiro atoms. The van der Waals surface area contributed by atoms with E-state index in [1.807, 2.05) is 6.92 Å². The van der Waals surface area contributed by atoms with Crippen LogP contribution in [0.1, 0.15) is 67.2 Å². The number of carbonyl (C=O) groups excluding carboxylic acids is 1. The van der Waals surface area contributed by atoms with Crippen molar-refractivity contribution in [1.29, 1.82) is 0 Å². The molecule has 0 N–H and O–H groups in total. The van der Waals surface area contributed by atoms with Crippen LogP contribution in [0.4, 0.5) is 0 Å². The molecule has 3 heteroatoms. The summed E-state index contributed by atoms with van der Waals surface area (Å²) in [7, 11) is 0. The molecule has 0 aliphatic heterocycles. The molecule has 1 aliphatic carbocycles. The van der Waals surface area contributed by atoms with Gasteiger partial charge in [0, 0.05) is 0 Å². The van der Waals surface area contributed by atoms with Crippen LogP contribution < -0.4 is 0 Å². The van der Waals surface area contributed by atoms with Crippen LogP contribution in [0.25, 0.3) is 0 Å². The minimum absolute atomic E-state index is 0.0315. The fourth-order valence-electron chi connectivity index (χ4n) is 2.27. The Morgan fingerprint density at radius 3 is 2.00 bits per heavy atom. The van der Waals surface area contributed by atoms with Crippen molar-refractivity contribution in [2.24, 2.45) is 11.3 Å². The van der Waals surface area contributed by atoms with Crippen molar-refractivity contribution in [1.82, 2.24) is 0 Å². The maximum absolute atomic E-state index is 11.7. The van der Waals surface area contributed by atoms with E-state index >= 15 is 0 Å². The second kappa shape index (κ2) is 6.25. The van der Waals surface area contributed by atoms with Gasteiger partial charge in [-0.15, -0.1) is 0 Å². The molecular weight excluding hydrogens is 240 g/mol. The van der Waals surface area contributed by atoms with Crippen LogP contribution >= 0.6 is 0 Å². The van der Waals surface area contributed by atoms with Crippen molar-refractivity contribution < 1.29 is 14.3 Å². The summed E-state index contributed by atoms with van der Waals surface area (Å²) in [6, 6.07) is 0. The van der Waals surface area contributed by atoms with E-state index in [0.717, 1.165) is 25.7 Å². The van der Waals surface area contributed by atoms with E-state index in [0.29, 0.717) is 6.61 Å². The maximum atomic E-state index is 11.7. The van der Waals surface area contributed by atoms with Crippen molar-refractivity contribution >= 4 is 5.97 Å². The van der Waals surface area contributed by atoms with Gasteiger partial charge < -0.3 is 9.47 Å². The number of carbonyl (C=O) groups is 1. The van der Waals surface area contributed by atoms with E-state index in [4.69, 9.17) is 9.47 Å². The number of hydrogen-bond donors (Lipinski definition) is 0. The molecule has 112 valence electrons. The minimum atomic E-state index is -0.144. The van der Waals surface area contributed by atoms with Gasteiger partial charge in [-0.25, -0.2) is 0 Å². The number of ether oxygens (including phenoxy) is 2. The molecule has 1 fully saturated rings. The quantitative estimate of drug-likeness (QED) is 0.726. The maximum Gasteiger partial charge on any atom is 0.308 e. The lowest BCUT2D eigenvalue weighted by Gasteiger charge is -2.42. The second-order valence-corrected chi connectivity index (χ2v) is 7.10. The Hall–Kier alpha value is -0.570. The van der Waals surface area contributed by atoms with Crippen LogP contribution in [0, 0.1) is 11.3 Å². The van der Waals surface area contributed by atoms with Gasteiger partial charge in [0.15, 0.2) is 0 Å². The van der Waals surface area contributed by atoms with Crippen LogP contribution in [0.3, 0.4) is 0 Å². The first-order valence-corrected chi connectivity index (χ1v) is 7.52. The van der Waals surface area contributed by atoms with Crippen molar-refractivity contribution in [3.8, 4) is 0 Å². The molecule has 1 aliphatic rings. The van der Waals surface area contributed by atoms with E-state index in [9.17, 15) is 4.79 Å². The monoisotopic (exact) mass is 270 g/mol. The molecule has 0 aromatic heterocycles. The Labute approximate surface area is 118 Å². The number of rotatable bonds is 4. The van der Waals surface area contributed by atoms with Gasteiger partial charge in [-0.1, -0.05) is 20.8 Å². The van der Waals surface area contributed by atoms with Gasteiger partial charge in [0.2, 0.25) is 0 Å². The molecule has 1 saturated carbocycles. The lowest BCUT2D eigenvalue weighted by Crippen LogP contribution is -2.43. The molecule has 19 heavy (non-hydrogen) atoms. The highest BCUT2D eigenvalue weighted by molar-refractivity contribution is 5.72. The van der Waals surface area contributed by atoms with E-state index < -0.39 is 0 Å². The molecule has 0 saturated heterocycles. The molecule has 0 heterocycles. The molecule has 1 rings (SSSR count). The molecule has 0 atom stereocenters. The topological polar surface area (TPSA) is 35.5 Å². The number of esters is 1. The fraction of sp³-hybridized carbons (Fsp3) is 0.938. The predicted octanol–water partition coefficient (Wildman–Crippen LogP) is 3.95. The fourth-order valence-corrected chi connectivity index (χ4v) is 2.27. The van der Waals surface area contributed by atoms with Crippen LogP contribution in [0.5, 0.6) is 0 Å². The van der Waals surface area contributed by atoms with E-state index in [1.165, 1.54) is 0 Å². The van der Waals surface area contributed by atoms with E-state index in [2.05, 4.69) is 34.6 Å². The highest BCUT2D eigenvalue weighted by Crippen LogP contribution is 2.37. The highest BCUT2D eigenvalue weighted by Gasteiger charge is 2.37. The van der Waals surface area contributed by atoms with Crippen molar-refractivity contribution in [2.75, 3.05) is 6.61 Å². The van der Waals surface area contributed by atoms with Crippen molar-refractivity contribution in [3.05, 3.63) is 0 Å². The summed E-state index contributed by atoms with van der Waals surface area (Å²) in [5.74, 6) is 0.0496. The number of hydrogen-bond acceptors (Lipinski definition) is 3. The van der Waals surface area contributed by atoms with Crippen LogP contribution in [-0.4, -0.2) is 24.3 Å². The molecule has 0 radical (unpaired) electrons. The van der Waals surface area contributed by atoms with Crippen LogP contribution in [0.2, 0.25) is 0 Å². The average Bonchev–Trinajstić information content (AvgIpc) is 2.28. The third-order valence-corrected chi connectivity index (χ3v) is 4.56. The highest BCUT2D eigenvalue weighted by atomic mass is 16.5. The Bertz CT molecular complexity index is 294. The van der Waals surface area contributed by atoms with E-state index in [1.54, 1.807) is 0 Å². The Balaban J connectivity index is 2.45. The molecule has 0 aromatic rings. The van der Waals surface area contributed by atoms with Gasteiger partial charge >= 0.3 is 5.97 Å². The van der Waals surface area contributed by atoms with Crippen molar-refractivity contribution in [3.63, 3.8) is 0 Å². The van der Waals surface area contributed by atoms with E-state index in [-0.39, 0.29) is 29.0 Å². The summed E-state index contributed by atoms with van der Waals surface area (Å²) in [6.45, 7) is 13.3. The summed E-state index contributed by atoms with van der Waals surface area (Å²) in [5, 5.41) is 0. The smallest absolute Gasteiger partial charge is 0.308 e. The average molecular weight is 270 g/mol. The van der Waals surface area contributed by atoms with Crippen molar-refractivity contribution in [2.45, 2.75) is 78.9 Å². The zero-order chi connectivity index (χ0) is 14.7. The summed E-state index contributed by atoms with van der Waals surface area (Å²) in [4.78, 5) is 11.7. The Morgan fingerprint density at radius 1 is 1.05 bits per heavy atom. The molecular formula is C16H30O3. The first-order valence-electron chi connectivity index (χ1n) is 7.52. The summed E-state index contributed by atoms with van der Waals surface area (Å²) >= 11 is 0. The molecule has 0 unspecified atom stereocenters. The lowest BCUT2D eigenvalue weighted by molar-refractivity contribution is -0.157. The SMILES string of the molecule is CCOC(=O)C1CCC(OC(C)(C)C(C)(C)C)CC1. The van der Waals surface area contributed by atoms with Gasteiger partial charge in [0.1, 0.15) is 0 Å². The third kappa shape index (κ3) is 4.48. The summed E-state index contributed by atoms with van der Waals surface area (Å²) < 4.78 is 11.4. The van der Waals surface area contributed by atoms with Crippen LogP contribution in [0.15, 0.2) is 0 Å². The van der Waals surface area contributed by atoms with Gasteiger partial charge in [-0.3, -0.25) is 4.79 Å². The molecule has 3 nitrogen and oxygen atoms in total.